The van der Waals surface area contributed by atoms with Gasteiger partial charge in [0.05, 0.1) is 13.2 Å². The monoisotopic (exact) mass is 210 g/mol. The Morgan fingerprint density at radius 3 is 2.73 bits per heavy atom. The number of rotatable bonds is 7. The minimum Gasteiger partial charge on any atom is -0.453 e. The molecule has 0 aromatic rings. The van der Waals surface area contributed by atoms with Crippen molar-refractivity contribution in [2.45, 2.75) is 6.92 Å². The second-order valence-electron chi connectivity index (χ2n) is 2.82. The quantitative estimate of drug-likeness (QED) is 0.157. The SMILES string of the molecule is C=C(C)COC/C=C/COC(=O)C=[N+]=[N-]. The van der Waals surface area contributed by atoms with Crippen LogP contribution in [-0.4, -0.2) is 36.8 Å². The first-order chi connectivity index (χ1) is 7.16. The fourth-order valence-corrected chi connectivity index (χ4v) is 0.652. The van der Waals surface area contributed by atoms with Crippen LogP contribution < -0.4 is 0 Å². The Morgan fingerprint density at radius 1 is 1.47 bits per heavy atom. The second kappa shape index (κ2) is 8.87. The van der Waals surface area contributed by atoms with Crippen molar-refractivity contribution in [2.24, 2.45) is 0 Å². The van der Waals surface area contributed by atoms with Gasteiger partial charge in [0.1, 0.15) is 6.61 Å². The fourth-order valence-electron chi connectivity index (χ4n) is 0.652. The van der Waals surface area contributed by atoms with Crippen LogP contribution in [0.5, 0.6) is 0 Å². The zero-order chi connectivity index (χ0) is 11.5. The van der Waals surface area contributed by atoms with Gasteiger partial charge < -0.3 is 15.0 Å². The summed E-state index contributed by atoms with van der Waals surface area (Å²) in [4.78, 5) is 13.1. The van der Waals surface area contributed by atoms with Crippen LogP contribution in [0.15, 0.2) is 24.3 Å². The molecule has 0 aromatic carbocycles. The summed E-state index contributed by atoms with van der Waals surface area (Å²) in [6, 6.07) is 0. The van der Waals surface area contributed by atoms with Crippen LogP contribution >= 0.6 is 0 Å². The molecule has 0 aliphatic rings. The smallest absolute Gasteiger partial charge is 0.413 e. The summed E-state index contributed by atoms with van der Waals surface area (Å²) in [5.41, 5.74) is 8.94. The van der Waals surface area contributed by atoms with Crippen molar-refractivity contribution in [3.8, 4) is 0 Å². The normalized spacial score (nSPS) is 9.67. The Balaban J connectivity index is 3.43. The van der Waals surface area contributed by atoms with Crippen LogP contribution in [0.1, 0.15) is 6.92 Å². The molecule has 0 amide bonds. The van der Waals surface area contributed by atoms with Crippen molar-refractivity contribution < 1.29 is 19.1 Å². The number of esters is 1. The van der Waals surface area contributed by atoms with Crippen molar-refractivity contribution in [1.29, 1.82) is 0 Å². The van der Waals surface area contributed by atoms with Crippen LogP contribution in [0.25, 0.3) is 5.53 Å². The lowest BCUT2D eigenvalue weighted by Gasteiger charge is -1.98. The van der Waals surface area contributed by atoms with Gasteiger partial charge in [-0.25, -0.2) is 4.79 Å². The summed E-state index contributed by atoms with van der Waals surface area (Å²) in [5.74, 6) is -0.690. The van der Waals surface area contributed by atoms with Gasteiger partial charge in [0.15, 0.2) is 0 Å². The van der Waals surface area contributed by atoms with Gasteiger partial charge >= 0.3 is 12.2 Å². The van der Waals surface area contributed by atoms with E-state index in [0.717, 1.165) is 5.57 Å². The molecule has 5 heteroatoms. The maximum atomic E-state index is 10.6. The van der Waals surface area contributed by atoms with Crippen LogP contribution in [0.3, 0.4) is 0 Å². The van der Waals surface area contributed by atoms with E-state index in [0.29, 0.717) is 19.4 Å². The lowest BCUT2D eigenvalue weighted by Crippen LogP contribution is -2.05. The molecule has 0 bridgehead atoms. The van der Waals surface area contributed by atoms with Crippen LogP contribution in [0, 0.1) is 0 Å². The number of carbonyl (C=O) groups excluding carboxylic acids is 1. The number of nitrogens with zero attached hydrogens (tertiary/aromatic N) is 2. The summed E-state index contributed by atoms with van der Waals surface area (Å²) in [6.07, 6.45) is 4.05. The molecule has 0 N–H and O–H groups in total. The Bertz CT molecular complexity index is 291. The number of ether oxygens (including phenoxy) is 2. The Labute approximate surface area is 88.6 Å². The van der Waals surface area contributed by atoms with Gasteiger partial charge in [0.25, 0.3) is 0 Å². The molecule has 0 atom stereocenters. The molecule has 0 heterocycles. The van der Waals surface area contributed by atoms with E-state index in [1.54, 1.807) is 12.2 Å². The first-order valence-corrected chi connectivity index (χ1v) is 4.38. The van der Waals surface area contributed by atoms with Gasteiger partial charge in [-0.3, -0.25) is 0 Å². The van der Waals surface area contributed by atoms with Gasteiger partial charge in [0, 0.05) is 0 Å². The topological polar surface area (TPSA) is 71.9 Å². The van der Waals surface area contributed by atoms with E-state index in [1.807, 2.05) is 6.92 Å². The van der Waals surface area contributed by atoms with Gasteiger partial charge in [-0.1, -0.05) is 18.2 Å². The Hall–Kier alpha value is -1.71. The summed E-state index contributed by atoms with van der Waals surface area (Å²) in [6.45, 7) is 6.64. The summed E-state index contributed by atoms with van der Waals surface area (Å²) in [7, 11) is 0. The number of hydrogen-bond acceptors (Lipinski definition) is 3. The lowest BCUT2D eigenvalue weighted by molar-refractivity contribution is -0.137. The molecule has 0 spiro atoms. The van der Waals surface area contributed by atoms with E-state index >= 15 is 0 Å². The molecule has 5 nitrogen and oxygen atoms in total. The van der Waals surface area contributed by atoms with E-state index in [1.165, 1.54) is 0 Å². The summed E-state index contributed by atoms with van der Waals surface area (Å²) in [5, 5.41) is 0. The van der Waals surface area contributed by atoms with Gasteiger partial charge in [-0.05, 0) is 13.0 Å². The average molecular weight is 210 g/mol. The van der Waals surface area contributed by atoms with Crippen molar-refractivity contribution in [1.82, 2.24) is 0 Å². The molecule has 0 fully saturated rings. The molecule has 0 aliphatic heterocycles. The van der Waals surface area contributed by atoms with Crippen LogP contribution in [0.2, 0.25) is 0 Å². The van der Waals surface area contributed by atoms with Crippen LogP contribution in [0.4, 0.5) is 0 Å². The highest BCUT2D eigenvalue weighted by atomic mass is 16.5. The van der Waals surface area contributed by atoms with E-state index in [-0.39, 0.29) is 6.61 Å². The van der Waals surface area contributed by atoms with Gasteiger partial charge in [-0.2, -0.15) is 4.79 Å². The number of carbonyl (C=O) groups is 1. The van der Waals surface area contributed by atoms with Crippen molar-refractivity contribution >= 4 is 12.2 Å². The zero-order valence-corrected chi connectivity index (χ0v) is 8.68. The van der Waals surface area contributed by atoms with Crippen LogP contribution in [-0.2, 0) is 14.3 Å². The Morgan fingerprint density at radius 2 is 2.13 bits per heavy atom. The molecule has 0 unspecified atom stereocenters. The molecule has 0 aliphatic carbocycles. The fraction of sp³-hybridized carbons (Fsp3) is 0.400. The van der Waals surface area contributed by atoms with Crippen molar-refractivity contribution in [3.63, 3.8) is 0 Å². The molecular weight excluding hydrogens is 196 g/mol. The van der Waals surface area contributed by atoms with E-state index in [9.17, 15) is 4.79 Å². The third-order valence-electron chi connectivity index (χ3n) is 1.21. The average Bonchev–Trinajstić information content (AvgIpc) is 2.16. The largest absolute Gasteiger partial charge is 0.453 e. The second-order valence-corrected chi connectivity index (χ2v) is 2.82. The van der Waals surface area contributed by atoms with E-state index < -0.39 is 5.97 Å². The highest BCUT2D eigenvalue weighted by Gasteiger charge is 1.99. The van der Waals surface area contributed by atoms with Gasteiger partial charge in [0.2, 0.25) is 0 Å². The molecule has 0 saturated heterocycles. The minimum atomic E-state index is -0.690. The predicted molar refractivity (Wildman–Crippen MR) is 55.4 cm³/mol. The molecule has 0 aromatic heterocycles. The van der Waals surface area contributed by atoms with E-state index in [2.05, 4.69) is 16.1 Å². The summed E-state index contributed by atoms with van der Waals surface area (Å²) >= 11 is 0. The highest BCUT2D eigenvalue weighted by molar-refractivity contribution is 6.20. The summed E-state index contributed by atoms with van der Waals surface area (Å²) < 4.78 is 9.76. The van der Waals surface area contributed by atoms with E-state index in [4.69, 9.17) is 10.3 Å². The standard InChI is InChI=1S/C10H14N2O3/c1-9(2)8-14-5-3-4-6-15-10(13)7-12-11/h3-4,7H,1,5-6,8H2,2H3/b4-3+. The molecular formula is C10H14N2O3. The minimum absolute atomic E-state index is 0.126. The maximum Gasteiger partial charge on any atom is 0.413 e. The van der Waals surface area contributed by atoms with Crippen molar-refractivity contribution in [2.75, 3.05) is 19.8 Å². The lowest BCUT2D eigenvalue weighted by atomic mass is 10.4. The third kappa shape index (κ3) is 10.2. The highest BCUT2D eigenvalue weighted by Crippen LogP contribution is 1.88. The van der Waals surface area contributed by atoms with Crippen molar-refractivity contribution in [3.05, 3.63) is 29.8 Å². The molecule has 0 radical (unpaired) electrons. The zero-order valence-electron chi connectivity index (χ0n) is 8.68. The molecule has 0 saturated carbocycles. The van der Waals surface area contributed by atoms with Gasteiger partial charge in [-0.15, -0.1) is 0 Å². The first-order valence-electron chi connectivity index (χ1n) is 4.38. The number of hydrogen-bond donors (Lipinski definition) is 0. The maximum absolute atomic E-state index is 10.6. The molecule has 0 rings (SSSR count). The Kier molecular flexibility index (Phi) is 7.86. The third-order valence-corrected chi connectivity index (χ3v) is 1.21. The first kappa shape index (κ1) is 13.3. The molecule has 82 valence electrons. The predicted octanol–water partition coefficient (Wildman–Crippen LogP) is 0.979. The molecule has 15 heavy (non-hydrogen) atoms.